The van der Waals surface area contributed by atoms with Crippen molar-refractivity contribution in [2.45, 2.75) is 4.90 Å². The summed E-state index contributed by atoms with van der Waals surface area (Å²) in [6.07, 6.45) is 9.43. The van der Waals surface area contributed by atoms with E-state index in [4.69, 9.17) is 0 Å². The highest BCUT2D eigenvalue weighted by molar-refractivity contribution is 7.90. The molecule has 5 rings (SSSR count). The zero-order valence-electron chi connectivity index (χ0n) is 17.2. The molecular weight excluding hydrogens is 428 g/mol. The van der Waals surface area contributed by atoms with E-state index in [0.717, 1.165) is 33.9 Å². The number of hydrogen-bond donors (Lipinski definition) is 1. The standard InChI is InChI=1S/C22H18N6O3S/c1-27(20-4-3-17(12-24-20)32(2,30)31)22(29)15-6-8-28-19(10-15)18(13-26-28)16-9-14-5-7-23-21(14)25-11-16/h3-13H,1-2H3,(H,23,25). The third kappa shape index (κ3) is 3.40. The highest BCUT2D eigenvalue weighted by Crippen LogP contribution is 2.27. The Kier molecular flexibility index (Phi) is 4.52. The lowest BCUT2D eigenvalue weighted by atomic mass is 10.1. The maximum atomic E-state index is 13.1. The quantitative estimate of drug-likeness (QED) is 0.454. The molecule has 0 aliphatic heterocycles. The smallest absolute Gasteiger partial charge is 0.259 e. The van der Waals surface area contributed by atoms with Crippen molar-refractivity contribution >= 4 is 38.1 Å². The molecule has 5 aromatic heterocycles. The highest BCUT2D eigenvalue weighted by Gasteiger charge is 2.18. The number of anilines is 1. The molecule has 0 bridgehead atoms. The van der Waals surface area contributed by atoms with Gasteiger partial charge >= 0.3 is 0 Å². The number of carbonyl (C=O) groups is 1. The van der Waals surface area contributed by atoms with Crippen LogP contribution in [0.3, 0.4) is 0 Å². The lowest BCUT2D eigenvalue weighted by Crippen LogP contribution is -2.27. The van der Waals surface area contributed by atoms with E-state index in [1.807, 2.05) is 18.3 Å². The molecule has 0 atom stereocenters. The zero-order valence-corrected chi connectivity index (χ0v) is 18.0. The Labute approximate surface area is 183 Å². The minimum Gasteiger partial charge on any atom is -0.346 e. The van der Waals surface area contributed by atoms with Crippen molar-refractivity contribution < 1.29 is 13.2 Å². The molecule has 0 spiro atoms. The Morgan fingerprint density at radius 3 is 2.66 bits per heavy atom. The Bertz CT molecular complexity index is 1590. The van der Waals surface area contributed by atoms with Gasteiger partial charge in [-0.2, -0.15) is 5.10 Å². The van der Waals surface area contributed by atoms with Crippen LogP contribution < -0.4 is 4.90 Å². The SMILES string of the molecule is CN(C(=O)c1ccn2ncc(-c3cnc4[nH]ccc4c3)c2c1)c1ccc(S(C)(=O)=O)cn1. The fourth-order valence-electron chi connectivity index (χ4n) is 3.51. The van der Waals surface area contributed by atoms with Crippen molar-refractivity contribution in [1.29, 1.82) is 0 Å². The van der Waals surface area contributed by atoms with Gasteiger partial charge in [0.05, 0.1) is 16.6 Å². The number of sulfone groups is 1. The molecular formula is C22H18N6O3S. The average Bonchev–Trinajstić information content (AvgIpc) is 3.43. The molecule has 0 radical (unpaired) electrons. The summed E-state index contributed by atoms with van der Waals surface area (Å²) in [5.41, 5.74) is 3.77. The minimum absolute atomic E-state index is 0.0976. The number of nitrogens with zero attached hydrogens (tertiary/aromatic N) is 5. The summed E-state index contributed by atoms with van der Waals surface area (Å²) in [6.45, 7) is 0. The zero-order chi connectivity index (χ0) is 22.5. The number of pyridine rings is 3. The molecule has 32 heavy (non-hydrogen) atoms. The van der Waals surface area contributed by atoms with E-state index >= 15 is 0 Å². The van der Waals surface area contributed by atoms with Crippen LogP contribution in [0, 0.1) is 0 Å². The molecule has 0 saturated heterocycles. The van der Waals surface area contributed by atoms with Gasteiger partial charge in [-0.15, -0.1) is 0 Å². The summed E-state index contributed by atoms with van der Waals surface area (Å²) in [5, 5.41) is 5.37. The Hall–Kier alpha value is -4.05. The number of rotatable bonds is 4. The van der Waals surface area contributed by atoms with E-state index in [9.17, 15) is 13.2 Å². The van der Waals surface area contributed by atoms with E-state index in [2.05, 4.69) is 20.1 Å². The summed E-state index contributed by atoms with van der Waals surface area (Å²) in [7, 11) is -1.77. The molecule has 9 nitrogen and oxygen atoms in total. The fraction of sp³-hybridized carbons (Fsp3) is 0.0909. The Morgan fingerprint density at radius 1 is 1.06 bits per heavy atom. The van der Waals surface area contributed by atoms with E-state index in [0.29, 0.717) is 11.4 Å². The van der Waals surface area contributed by atoms with Crippen molar-refractivity contribution in [3.63, 3.8) is 0 Å². The Morgan fingerprint density at radius 2 is 1.91 bits per heavy atom. The number of hydrogen-bond acceptors (Lipinski definition) is 6. The predicted octanol–water partition coefficient (Wildman–Crippen LogP) is 2.95. The second-order valence-electron chi connectivity index (χ2n) is 7.43. The molecule has 0 aliphatic carbocycles. The van der Waals surface area contributed by atoms with Gasteiger partial charge in [-0.05, 0) is 36.4 Å². The molecule has 160 valence electrons. The maximum Gasteiger partial charge on any atom is 0.259 e. The van der Waals surface area contributed by atoms with Gasteiger partial charge in [0.2, 0.25) is 0 Å². The molecule has 0 aromatic carbocycles. The first kappa shape index (κ1) is 19.9. The number of fused-ring (bicyclic) bond motifs is 2. The Balaban J connectivity index is 1.50. The predicted molar refractivity (Wildman–Crippen MR) is 120 cm³/mol. The largest absolute Gasteiger partial charge is 0.346 e. The second-order valence-corrected chi connectivity index (χ2v) is 9.45. The van der Waals surface area contributed by atoms with Crippen LogP contribution in [0.1, 0.15) is 10.4 Å². The van der Waals surface area contributed by atoms with Gasteiger partial charge in [0.25, 0.3) is 5.91 Å². The molecule has 1 amide bonds. The van der Waals surface area contributed by atoms with Gasteiger partial charge < -0.3 is 4.98 Å². The van der Waals surface area contributed by atoms with Crippen LogP contribution in [0.25, 0.3) is 27.7 Å². The van der Waals surface area contributed by atoms with Gasteiger partial charge in [-0.25, -0.2) is 22.9 Å². The van der Waals surface area contributed by atoms with Gasteiger partial charge in [0.1, 0.15) is 11.5 Å². The molecule has 10 heteroatoms. The number of amides is 1. The van der Waals surface area contributed by atoms with Crippen molar-refractivity contribution in [2.75, 3.05) is 18.2 Å². The first-order valence-electron chi connectivity index (χ1n) is 9.66. The van der Waals surface area contributed by atoms with Crippen LogP contribution in [-0.4, -0.2) is 52.2 Å². The van der Waals surface area contributed by atoms with Gasteiger partial charge in [0.15, 0.2) is 9.84 Å². The van der Waals surface area contributed by atoms with Crippen LogP contribution in [-0.2, 0) is 9.84 Å². The van der Waals surface area contributed by atoms with Crippen LogP contribution in [0.2, 0.25) is 0 Å². The van der Waals surface area contributed by atoms with E-state index in [1.54, 1.807) is 42.3 Å². The lowest BCUT2D eigenvalue weighted by Gasteiger charge is -2.16. The van der Waals surface area contributed by atoms with E-state index < -0.39 is 9.84 Å². The average molecular weight is 446 g/mol. The van der Waals surface area contributed by atoms with Crippen LogP contribution in [0.4, 0.5) is 5.82 Å². The summed E-state index contributed by atoms with van der Waals surface area (Å²) in [5.74, 6) is 0.0663. The topological polar surface area (TPSA) is 113 Å². The normalized spacial score (nSPS) is 11.8. The monoisotopic (exact) mass is 446 g/mol. The molecule has 0 unspecified atom stereocenters. The summed E-state index contributed by atoms with van der Waals surface area (Å²) in [6, 6.07) is 10.4. The second kappa shape index (κ2) is 7.27. The number of aromatic amines is 1. The van der Waals surface area contributed by atoms with Crippen LogP contribution >= 0.6 is 0 Å². The number of nitrogens with one attached hydrogen (secondary N) is 1. The minimum atomic E-state index is -3.36. The molecule has 0 saturated carbocycles. The van der Waals surface area contributed by atoms with Crippen molar-refractivity contribution in [2.24, 2.45) is 0 Å². The third-order valence-electron chi connectivity index (χ3n) is 5.28. The molecule has 5 aromatic rings. The van der Waals surface area contributed by atoms with Gasteiger partial charge in [-0.3, -0.25) is 9.69 Å². The highest BCUT2D eigenvalue weighted by atomic mass is 32.2. The molecule has 0 aliphatic rings. The fourth-order valence-corrected chi connectivity index (χ4v) is 4.07. The van der Waals surface area contributed by atoms with Crippen molar-refractivity contribution in [3.8, 4) is 11.1 Å². The van der Waals surface area contributed by atoms with Gasteiger partial charge in [-0.1, -0.05) is 0 Å². The summed E-state index contributed by atoms with van der Waals surface area (Å²) < 4.78 is 25.0. The summed E-state index contributed by atoms with van der Waals surface area (Å²) in [4.78, 5) is 26.2. The van der Waals surface area contributed by atoms with Crippen molar-refractivity contribution in [1.82, 2.24) is 24.6 Å². The first-order valence-corrected chi connectivity index (χ1v) is 11.6. The lowest BCUT2D eigenvalue weighted by molar-refractivity contribution is 0.0992. The maximum absolute atomic E-state index is 13.1. The molecule has 5 heterocycles. The number of carbonyl (C=O) groups excluding carboxylic acids is 1. The van der Waals surface area contributed by atoms with Crippen LogP contribution in [0.15, 0.2) is 72.3 Å². The summed E-state index contributed by atoms with van der Waals surface area (Å²) >= 11 is 0. The molecule has 1 N–H and O–H groups in total. The molecule has 0 fully saturated rings. The van der Waals surface area contributed by atoms with E-state index in [-0.39, 0.29) is 10.8 Å². The van der Waals surface area contributed by atoms with Crippen molar-refractivity contribution in [3.05, 3.63) is 72.9 Å². The van der Waals surface area contributed by atoms with Crippen LogP contribution in [0.5, 0.6) is 0 Å². The number of aromatic nitrogens is 5. The first-order chi connectivity index (χ1) is 15.3. The third-order valence-corrected chi connectivity index (χ3v) is 6.37. The van der Waals surface area contributed by atoms with Gasteiger partial charge in [0, 0.05) is 60.2 Å². The number of H-pyrrole nitrogens is 1. The van der Waals surface area contributed by atoms with E-state index in [1.165, 1.54) is 23.2 Å².